The predicted octanol–water partition coefficient (Wildman–Crippen LogP) is 5.28. The van der Waals surface area contributed by atoms with Gasteiger partial charge in [0.15, 0.2) is 0 Å². The quantitative estimate of drug-likeness (QED) is 0.318. The van der Waals surface area contributed by atoms with Gasteiger partial charge in [0.1, 0.15) is 5.60 Å². The van der Waals surface area contributed by atoms with Crippen molar-refractivity contribution in [3.05, 3.63) is 49.1 Å². The van der Waals surface area contributed by atoms with Gasteiger partial charge >= 0.3 is 6.09 Å². The van der Waals surface area contributed by atoms with Crippen molar-refractivity contribution in [2.45, 2.75) is 52.1 Å². The fraction of sp³-hybridized carbons (Fsp3) is 0.591. The van der Waals surface area contributed by atoms with E-state index < -0.39 is 5.60 Å². The van der Waals surface area contributed by atoms with Gasteiger partial charge in [-0.3, -0.25) is 0 Å². The summed E-state index contributed by atoms with van der Waals surface area (Å²) in [6.07, 6.45) is 13.9. The predicted molar refractivity (Wildman–Crippen MR) is 108 cm³/mol. The minimum Gasteiger partial charge on any atom is -0.444 e. The molecule has 0 bridgehead atoms. The summed E-state index contributed by atoms with van der Waals surface area (Å²) in [6, 6.07) is 0. The van der Waals surface area contributed by atoms with Crippen LogP contribution in [0.3, 0.4) is 0 Å². The zero-order valence-corrected chi connectivity index (χ0v) is 16.7. The van der Waals surface area contributed by atoms with Crippen LogP contribution >= 0.6 is 0 Å². The standard InChI is InChI=1S/C22H35NO3/c1-6-7-11-19(2)18-25-17-10-8-9-12-20-13-15-23(16-14-20)21(24)26-22(3,4)5/h6-7,9,11-12,20H,1-2,8,10,13-18H2,3-5H3/b11-7-,12-9-. The van der Waals surface area contributed by atoms with Gasteiger partial charge in [0.25, 0.3) is 0 Å². The van der Waals surface area contributed by atoms with Gasteiger partial charge in [0, 0.05) is 19.7 Å². The van der Waals surface area contributed by atoms with Crippen molar-refractivity contribution < 1.29 is 14.3 Å². The molecule has 146 valence electrons. The van der Waals surface area contributed by atoms with E-state index in [0.29, 0.717) is 12.5 Å². The number of amides is 1. The van der Waals surface area contributed by atoms with Gasteiger partial charge < -0.3 is 14.4 Å². The summed E-state index contributed by atoms with van der Waals surface area (Å²) in [6.45, 7) is 16.1. The first kappa shape index (κ1) is 22.2. The number of piperidine rings is 1. The van der Waals surface area contributed by atoms with Crippen molar-refractivity contribution >= 4 is 6.09 Å². The molecule has 1 aliphatic rings. The topological polar surface area (TPSA) is 38.8 Å². The summed E-state index contributed by atoms with van der Waals surface area (Å²) in [4.78, 5) is 13.9. The third kappa shape index (κ3) is 10.2. The van der Waals surface area contributed by atoms with E-state index >= 15 is 0 Å². The van der Waals surface area contributed by atoms with Crippen molar-refractivity contribution in [3.8, 4) is 0 Å². The average molecular weight is 362 g/mol. The van der Waals surface area contributed by atoms with Crippen molar-refractivity contribution in [3.63, 3.8) is 0 Å². The zero-order valence-electron chi connectivity index (χ0n) is 16.7. The van der Waals surface area contributed by atoms with Gasteiger partial charge in [-0.05, 0) is 57.9 Å². The van der Waals surface area contributed by atoms with Crippen LogP contribution in [-0.4, -0.2) is 42.9 Å². The molecule has 0 radical (unpaired) electrons. The van der Waals surface area contributed by atoms with Gasteiger partial charge in [-0.25, -0.2) is 4.79 Å². The number of hydrogen-bond donors (Lipinski definition) is 0. The normalized spacial score (nSPS) is 16.3. The number of allylic oxidation sites excluding steroid dienone is 4. The highest BCUT2D eigenvalue weighted by Gasteiger charge is 2.25. The van der Waals surface area contributed by atoms with Gasteiger partial charge in [-0.2, -0.15) is 0 Å². The number of carbonyl (C=O) groups excluding carboxylic acids is 1. The highest BCUT2D eigenvalue weighted by Crippen LogP contribution is 2.20. The number of rotatable bonds is 9. The van der Waals surface area contributed by atoms with Crippen LogP contribution in [0.25, 0.3) is 0 Å². The molecule has 4 heteroatoms. The van der Waals surface area contributed by atoms with Gasteiger partial charge in [-0.15, -0.1) is 0 Å². The van der Waals surface area contributed by atoms with E-state index in [1.807, 2.05) is 37.8 Å². The molecule has 0 atom stereocenters. The lowest BCUT2D eigenvalue weighted by molar-refractivity contribution is 0.0197. The second-order valence-electron chi connectivity index (χ2n) is 7.68. The monoisotopic (exact) mass is 361 g/mol. The number of nitrogens with zero attached hydrogens (tertiary/aromatic N) is 1. The van der Waals surface area contributed by atoms with E-state index in [2.05, 4.69) is 25.3 Å². The van der Waals surface area contributed by atoms with E-state index in [1.165, 1.54) is 0 Å². The molecule has 1 saturated heterocycles. The second kappa shape index (κ2) is 11.7. The van der Waals surface area contributed by atoms with Gasteiger partial charge in [0.05, 0.1) is 6.61 Å². The molecule has 0 aliphatic carbocycles. The van der Waals surface area contributed by atoms with Crippen molar-refractivity contribution in [2.75, 3.05) is 26.3 Å². The van der Waals surface area contributed by atoms with Gasteiger partial charge in [-0.1, -0.05) is 43.5 Å². The lowest BCUT2D eigenvalue weighted by atomic mass is 9.96. The fourth-order valence-electron chi connectivity index (χ4n) is 2.65. The van der Waals surface area contributed by atoms with Crippen LogP contribution in [0.2, 0.25) is 0 Å². The van der Waals surface area contributed by atoms with E-state index in [-0.39, 0.29) is 6.09 Å². The molecule has 0 spiro atoms. The van der Waals surface area contributed by atoms with Crippen LogP contribution in [0.5, 0.6) is 0 Å². The first-order valence-corrected chi connectivity index (χ1v) is 9.51. The van der Waals surface area contributed by atoms with Crippen LogP contribution in [0.4, 0.5) is 4.79 Å². The molecular weight excluding hydrogens is 326 g/mol. The Balaban J connectivity index is 2.12. The molecule has 1 rings (SSSR count). The second-order valence-corrected chi connectivity index (χ2v) is 7.68. The van der Waals surface area contributed by atoms with Crippen LogP contribution in [-0.2, 0) is 9.47 Å². The first-order chi connectivity index (χ1) is 12.3. The molecule has 1 heterocycles. The Hall–Kier alpha value is -1.81. The molecule has 0 saturated carbocycles. The smallest absolute Gasteiger partial charge is 0.410 e. The maximum absolute atomic E-state index is 12.0. The lowest BCUT2D eigenvalue weighted by Gasteiger charge is -2.32. The van der Waals surface area contributed by atoms with Crippen LogP contribution in [0.15, 0.2) is 49.1 Å². The molecule has 0 unspecified atom stereocenters. The molecular formula is C22H35NO3. The minimum absolute atomic E-state index is 0.193. The fourth-order valence-corrected chi connectivity index (χ4v) is 2.65. The van der Waals surface area contributed by atoms with Crippen molar-refractivity contribution in [1.82, 2.24) is 4.90 Å². The summed E-state index contributed by atoms with van der Waals surface area (Å²) in [7, 11) is 0. The lowest BCUT2D eigenvalue weighted by Crippen LogP contribution is -2.41. The van der Waals surface area contributed by atoms with Gasteiger partial charge in [0.2, 0.25) is 0 Å². The Morgan fingerprint density at radius 3 is 2.58 bits per heavy atom. The number of carbonyl (C=O) groups is 1. The first-order valence-electron chi connectivity index (χ1n) is 9.51. The third-order valence-corrected chi connectivity index (χ3v) is 4.01. The number of ether oxygens (including phenoxy) is 2. The summed E-state index contributed by atoms with van der Waals surface area (Å²) in [5, 5.41) is 0. The van der Waals surface area contributed by atoms with Crippen molar-refractivity contribution in [2.24, 2.45) is 5.92 Å². The van der Waals surface area contributed by atoms with Crippen LogP contribution in [0.1, 0.15) is 46.5 Å². The molecule has 0 aromatic carbocycles. The Kier molecular flexibility index (Phi) is 10.0. The Labute approximate surface area is 159 Å². The highest BCUT2D eigenvalue weighted by molar-refractivity contribution is 5.68. The highest BCUT2D eigenvalue weighted by atomic mass is 16.6. The molecule has 26 heavy (non-hydrogen) atoms. The van der Waals surface area contributed by atoms with Crippen molar-refractivity contribution in [1.29, 1.82) is 0 Å². The summed E-state index contributed by atoms with van der Waals surface area (Å²) in [5.74, 6) is 0.554. The molecule has 1 aliphatic heterocycles. The maximum atomic E-state index is 12.0. The number of unbranched alkanes of at least 4 members (excludes halogenated alkanes) is 1. The zero-order chi connectivity index (χ0) is 19.4. The molecule has 0 aromatic heterocycles. The summed E-state index contributed by atoms with van der Waals surface area (Å²) >= 11 is 0. The SMILES string of the molecule is C=C/C=C\C(=C)COCCC/C=C\C1CCN(C(=O)OC(C)(C)C)CC1. The minimum atomic E-state index is -0.426. The Morgan fingerprint density at radius 1 is 1.27 bits per heavy atom. The maximum Gasteiger partial charge on any atom is 0.410 e. The van der Waals surface area contributed by atoms with Crippen LogP contribution < -0.4 is 0 Å². The van der Waals surface area contributed by atoms with Crippen LogP contribution in [0, 0.1) is 5.92 Å². The largest absolute Gasteiger partial charge is 0.444 e. The average Bonchev–Trinajstić information content (AvgIpc) is 2.58. The summed E-state index contributed by atoms with van der Waals surface area (Å²) < 4.78 is 11.0. The summed E-state index contributed by atoms with van der Waals surface area (Å²) in [5.41, 5.74) is 0.529. The van der Waals surface area contributed by atoms with E-state index in [1.54, 1.807) is 6.08 Å². The Morgan fingerprint density at radius 2 is 1.96 bits per heavy atom. The van der Waals surface area contributed by atoms with E-state index in [0.717, 1.165) is 51.0 Å². The third-order valence-electron chi connectivity index (χ3n) is 4.01. The Bertz CT molecular complexity index is 506. The number of hydrogen-bond acceptors (Lipinski definition) is 3. The molecule has 0 aromatic rings. The molecule has 1 amide bonds. The van der Waals surface area contributed by atoms with E-state index in [9.17, 15) is 4.79 Å². The number of likely N-dealkylation sites (tertiary alicyclic amines) is 1. The molecule has 4 nitrogen and oxygen atoms in total. The molecule has 0 N–H and O–H groups in total. The molecule has 1 fully saturated rings. The van der Waals surface area contributed by atoms with E-state index in [4.69, 9.17) is 9.47 Å².